The topological polar surface area (TPSA) is 12.0 Å². The van der Waals surface area contributed by atoms with Crippen molar-refractivity contribution in [1.29, 1.82) is 0 Å². The lowest BCUT2D eigenvalue weighted by Crippen LogP contribution is -2.40. The summed E-state index contributed by atoms with van der Waals surface area (Å²) in [5, 5.41) is 3.58. The zero-order chi connectivity index (χ0) is 10.3. The fraction of sp³-hybridized carbons (Fsp3) is 1.00. The van der Waals surface area contributed by atoms with Gasteiger partial charge in [0.2, 0.25) is 0 Å². The third-order valence-corrected chi connectivity index (χ3v) is 2.59. The zero-order valence-corrected chi connectivity index (χ0v) is 10.1. The standard InChI is InChI=1S/C12H27N/c1-6-8-9-10-11(13-7-2)12(3,4)5/h11,13H,6-10H2,1-5H3. The normalized spacial score (nSPS) is 14.5. The first-order valence-corrected chi connectivity index (χ1v) is 5.75. The van der Waals surface area contributed by atoms with Crippen LogP contribution in [0.5, 0.6) is 0 Å². The van der Waals surface area contributed by atoms with E-state index in [4.69, 9.17) is 0 Å². The van der Waals surface area contributed by atoms with Crippen LogP contribution in [0.2, 0.25) is 0 Å². The van der Waals surface area contributed by atoms with Crippen molar-refractivity contribution in [1.82, 2.24) is 5.32 Å². The van der Waals surface area contributed by atoms with Crippen molar-refractivity contribution < 1.29 is 0 Å². The van der Waals surface area contributed by atoms with Gasteiger partial charge in [0.1, 0.15) is 0 Å². The number of hydrogen-bond donors (Lipinski definition) is 1. The number of nitrogens with one attached hydrogen (secondary N) is 1. The van der Waals surface area contributed by atoms with Gasteiger partial charge >= 0.3 is 0 Å². The van der Waals surface area contributed by atoms with Crippen molar-refractivity contribution >= 4 is 0 Å². The van der Waals surface area contributed by atoms with Gasteiger partial charge in [-0.05, 0) is 18.4 Å². The van der Waals surface area contributed by atoms with E-state index < -0.39 is 0 Å². The SMILES string of the molecule is CCCCCC(NCC)C(C)(C)C. The molecule has 0 aliphatic heterocycles. The van der Waals surface area contributed by atoms with Gasteiger partial charge in [0, 0.05) is 6.04 Å². The Morgan fingerprint density at radius 2 is 1.69 bits per heavy atom. The average Bonchev–Trinajstić information content (AvgIpc) is 2.01. The molecule has 1 atom stereocenters. The zero-order valence-electron chi connectivity index (χ0n) is 10.1. The van der Waals surface area contributed by atoms with Crippen molar-refractivity contribution in [3.05, 3.63) is 0 Å². The third kappa shape index (κ3) is 6.09. The maximum atomic E-state index is 3.58. The molecule has 80 valence electrons. The molecule has 0 amide bonds. The van der Waals surface area contributed by atoms with Gasteiger partial charge in [-0.1, -0.05) is 53.9 Å². The van der Waals surface area contributed by atoms with Gasteiger partial charge in [-0.3, -0.25) is 0 Å². The Morgan fingerprint density at radius 3 is 2.08 bits per heavy atom. The van der Waals surface area contributed by atoms with Gasteiger partial charge in [0.05, 0.1) is 0 Å². The van der Waals surface area contributed by atoms with Gasteiger partial charge in [0.25, 0.3) is 0 Å². The monoisotopic (exact) mass is 185 g/mol. The Hall–Kier alpha value is -0.0400. The molecule has 13 heavy (non-hydrogen) atoms. The first kappa shape index (κ1) is 13.0. The Morgan fingerprint density at radius 1 is 1.08 bits per heavy atom. The van der Waals surface area contributed by atoms with E-state index in [-0.39, 0.29) is 0 Å². The van der Waals surface area contributed by atoms with Crippen LogP contribution < -0.4 is 5.32 Å². The third-order valence-electron chi connectivity index (χ3n) is 2.59. The summed E-state index contributed by atoms with van der Waals surface area (Å²) in [5.41, 5.74) is 0.406. The van der Waals surface area contributed by atoms with E-state index in [9.17, 15) is 0 Å². The Kier molecular flexibility index (Phi) is 6.40. The maximum absolute atomic E-state index is 3.58. The van der Waals surface area contributed by atoms with E-state index in [1.54, 1.807) is 0 Å². The molecule has 0 spiro atoms. The molecular weight excluding hydrogens is 158 g/mol. The van der Waals surface area contributed by atoms with Crippen LogP contribution in [-0.2, 0) is 0 Å². The van der Waals surface area contributed by atoms with E-state index in [0.29, 0.717) is 11.5 Å². The second-order valence-electron chi connectivity index (χ2n) is 4.97. The summed E-state index contributed by atoms with van der Waals surface area (Å²) in [4.78, 5) is 0. The Balaban J connectivity index is 3.81. The highest BCUT2D eigenvalue weighted by atomic mass is 14.9. The molecule has 1 nitrogen and oxygen atoms in total. The average molecular weight is 185 g/mol. The number of rotatable bonds is 6. The van der Waals surface area contributed by atoms with E-state index in [2.05, 4.69) is 39.9 Å². The molecule has 0 aromatic heterocycles. The first-order chi connectivity index (χ1) is 6.02. The van der Waals surface area contributed by atoms with Crippen LogP contribution in [0.3, 0.4) is 0 Å². The molecule has 1 unspecified atom stereocenters. The molecule has 0 radical (unpaired) electrons. The molecule has 0 saturated carbocycles. The lowest BCUT2D eigenvalue weighted by molar-refractivity contribution is 0.253. The van der Waals surface area contributed by atoms with Crippen molar-refractivity contribution in [3.63, 3.8) is 0 Å². The van der Waals surface area contributed by atoms with E-state index >= 15 is 0 Å². The summed E-state index contributed by atoms with van der Waals surface area (Å²) in [5.74, 6) is 0. The van der Waals surface area contributed by atoms with Crippen LogP contribution in [0.4, 0.5) is 0 Å². The second-order valence-corrected chi connectivity index (χ2v) is 4.97. The van der Waals surface area contributed by atoms with Crippen molar-refractivity contribution in [3.8, 4) is 0 Å². The van der Waals surface area contributed by atoms with Crippen LogP contribution in [-0.4, -0.2) is 12.6 Å². The largest absolute Gasteiger partial charge is 0.314 e. The molecule has 1 N–H and O–H groups in total. The number of unbranched alkanes of at least 4 members (excludes halogenated alkanes) is 2. The summed E-state index contributed by atoms with van der Waals surface area (Å²) >= 11 is 0. The maximum Gasteiger partial charge on any atom is 0.0115 e. The highest BCUT2D eigenvalue weighted by Crippen LogP contribution is 2.23. The highest BCUT2D eigenvalue weighted by Gasteiger charge is 2.22. The van der Waals surface area contributed by atoms with Crippen LogP contribution in [0.25, 0.3) is 0 Å². The minimum Gasteiger partial charge on any atom is -0.314 e. The Bertz CT molecular complexity index is 113. The summed E-state index contributed by atoms with van der Waals surface area (Å²) in [6.45, 7) is 12.5. The lowest BCUT2D eigenvalue weighted by atomic mass is 9.83. The fourth-order valence-electron chi connectivity index (χ4n) is 1.69. The van der Waals surface area contributed by atoms with Crippen LogP contribution in [0.15, 0.2) is 0 Å². The smallest absolute Gasteiger partial charge is 0.0115 e. The molecule has 0 rings (SSSR count). The molecule has 0 aromatic carbocycles. The minimum atomic E-state index is 0.406. The molecule has 0 aliphatic rings. The van der Waals surface area contributed by atoms with Crippen LogP contribution in [0.1, 0.15) is 60.3 Å². The lowest BCUT2D eigenvalue weighted by Gasteiger charge is -2.31. The molecule has 0 fully saturated rings. The molecule has 1 heteroatoms. The predicted molar refractivity (Wildman–Crippen MR) is 61.1 cm³/mol. The van der Waals surface area contributed by atoms with E-state index in [0.717, 1.165) is 6.54 Å². The van der Waals surface area contributed by atoms with Gasteiger partial charge in [-0.2, -0.15) is 0 Å². The first-order valence-electron chi connectivity index (χ1n) is 5.75. The van der Waals surface area contributed by atoms with Gasteiger partial charge in [-0.15, -0.1) is 0 Å². The summed E-state index contributed by atoms with van der Waals surface area (Å²) in [6.07, 6.45) is 5.39. The van der Waals surface area contributed by atoms with Gasteiger partial charge in [-0.25, -0.2) is 0 Å². The predicted octanol–water partition coefficient (Wildman–Crippen LogP) is 3.59. The van der Waals surface area contributed by atoms with Crippen LogP contribution >= 0.6 is 0 Å². The van der Waals surface area contributed by atoms with Crippen molar-refractivity contribution in [2.45, 2.75) is 66.3 Å². The molecule has 0 aliphatic carbocycles. The molecule has 0 saturated heterocycles. The minimum absolute atomic E-state index is 0.406. The quantitative estimate of drug-likeness (QED) is 0.624. The summed E-state index contributed by atoms with van der Waals surface area (Å²) in [6, 6.07) is 0.684. The van der Waals surface area contributed by atoms with Gasteiger partial charge in [0.15, 0.2) is 0 Å². The highest BCUT2D eigenvalue weighted by molar-refractivity contribution is 4.79. The van der Waals surface area contributed by atoms with E-state index in [1.807, 2.05) is 0 Å². The molecule has 0 aromatic rings. The van der Waals surface area contributed by atoms with Crippen molar-refractivity contribution in [2.24, 2.45) is 5.41 Å². The molecule has 0 heterocycles. The van der Waals surface area contributed by atoms with Crippen LogP contribution in [0, 0.1) is 5.41 Å². The molecule has 0 bridgehead atoms. The second kappa shape index (κ2) is 6.42. The Labute approximate surface area is 84.3 Å². The fourth-order valence-corrected chi connectivity index (χ4v) is 1.69. The summed E-state index contributed by atoms with van der Waals surface area (Å²) < 4.78 is 0. The number of hydrogen-bond acceptors (Lipinski definition) is 1. The van der Waals surface area contributed by atoms with Gasteiger partial charge < -0.3 is 5.32 Å². The van der Waals surface area contributed by atoms with Crippen molar-refractivity contribution in [2.75, 3.05) is 6.54 Å². The van der Waals surface area contributed by atoms with E-state index in [1.165, 1.54) is 25.7 Å². The summed E-state index contributed by atoms with van der Waals surface area (Å²) in [7, 11) is 0. The molecular formula is C12H27N.